The fraction of sp³-hybridized carbons (Fsp3) is 0.367. The fourth-order valence-corrected chi connectivity index (χ4v) is 5.54. The molecule has 4 aromatic rings. The zero-order valence-electron chi connectivity index (χ0n) is 21.3. The second kappa shape index (κ2) is 10.1. The van der Waals surface area contributed by atoms with Gasteiger partial charge in [-0.1, -0.05) is 56.3 Å². The Kier molecular flexibility index (Phi) is 6.78. The van der Waals surface area contributed by atoms with Crippen molar-refractivity contribution in [2.24, 2.45) is 0 Å². The van der Waals surface area contributed by atoms with E-state index in [1.54, 1.807) is 0 Å². The van der Waals surface area contributed by atoms with Crippen molar-refractivity contribution in [1.29, 1.82) is 0 Å². The monoisotopic (exact) mass is 465 g/mol. The van der Waals surface area contributed by atoms with Gasteiger partial charge in [0, 0.05) is 41.8 Å². The van der Waals surface area contributed by atoms with Gasteiger partial charge in [-0.3, -0.25) is 4.90 Å². The van der Waals surface area contributed by atoms with Crippen LogP contribution >= 0.6 is 0 Å². The normalized spacial score (nSPS) is 15.4. The number of benzene rings is 2. The lowest BCUT2D eigenvalue weighted by Crippen LogP contribution is -2.28. The Bertz CT molecular complexity index is 1290. The first-order chi connectivity index (χ1) is 17.1. The van der Waals surface area contributed by atoms with E-state index in [0.717, 1.165) is 42.3 Å². The smallest absolute Gasteiger partial charge is 0.162 e. The minimum atomic E-state index is 0.400. The van der Waals surface area contributed by atoms with Crippen molar-refractivity contribution in [3.8, 4) is 17.2 Å². The Morgan fingerprint density at radius 2 is 1.74 bits per heavy atom. The molecule has 0 radical (unpaired) electrons. The first-order valence-electron chi connectivity index (χ1n) is 12.9. The van der Waals surface area contributed by atoms with Gasteiger partial charge in [0.15, 0.2) is 11.6 Å². The van der Waals surface area contributed by atoms with Crippen molar-refractivity contribution in [2.75, 3.05) is 7.05 Å². The number of aromatic nitrogens is 4. The van der Waals surface area contributed by atoms with Crippen LogP contribution in [0.2, 0.25) is 0 Å². The number of fused-ring (bicyclic) bond motifs is 1. The Morgan fingerprint density at radius 1 is 0.971 bits per heavy atom. The summed E-state index contributed by atoms with van der Waals surface area (Å²) >= 11 is 0. The quantitative estimate of drug-likeness (QED) is 0.323. The van der Waals surface area contributed by atoms with Gasteiger partial charge in [0.1, 0.15) is 0 Å². The average Bonchev–Trinajstić information content (AvgIpc) is 3.43. The van der Waals surface area contributed by atoms with Crippen LogP contribution in [0.3, 0.4) is 0 Å². The van der Waals surface area contributed by atoms with Crippen molar-refractivity contribution in [2.45, 2.75) is 65.5 Å². The van der Waals surface area contributed by atoms with Gasteiger partial charge in [-0.25, -0.2) is 14.6 Å². The largest absolute Gasteiger partial charge is 0.295 e. The first kappa shape index (κ1) is 23.4. The average molecular weight is 466 g/mol. The molecule has 0 saturated carbocycles. The van der Waals surface area contributed by atoms with Crippen LogP contribution in [0.25, 0.3) is 17.2 Å². The minimum Gasteiger partial charge on any atom is -0.295 e. The zero-order valence-corrected chi connectivity index (χ0v) is 21.3. The van der Waals surface area contributed by atoms with Crippen LogP contribution in [0, 0.1) is 6.92 Å². The van der Waals surface area contributed by atoms with Crippen molar-refractivity contribution in [1.82, 2.24) is 24.6 Å². The second-order valence-corrected chi connectivity index (χ2v) is 9.57. The minimum absolute atomic E-state index is 0.400. The third-order valence-electron chi connectivity index (χ3n) is 7.41. The lowest BCUT2D eigenvalue weighted by molar-refractivity contribution is 0.212. The van der Waals surface area contributed by atoms with Crippen LogP contribution in [0.1, 0.15) is 66.2 Å². The highest BCUT2D eigenvalue weighted by Gasteiger charge is 2.26. The molecule has 1 aliphatic carbocycles. The standard InChI is InChI=1S/C30H35N5/c1-5-22-13-9-14-23(6-2)28(22)29-32-21(3)26(30(33-29)35-19-11-18-31-35)20-34(4)27-17-10-15-24-12-7-8-16-25(24)27/h7-9,11-14,16,18-19,27H,5-6,10,15,17,20H2,1-4H3. The molecule has 1 aliphatic rings. The third kappa shape index (κ3) is 4.53. The zero-order chi connectivity index (χ0) is 24.4. The molecule has 5 heteroatoms. The fourth-order valence-electron chi connectivity index (χ4n) is 5.54. The topological polar surface area (TPSA) is 46.8 Å². The van der Waals surface area contributed by atoms with Gasteiger partial charge in [0.05, 0.1) is 0 Å². The molecule has 5 nitrogen and oxygen atoms in total. The molecule has 0 saturated heterocycles. The molecule has 0 spiro atoms. The highest BCUT2D eigenvalue weighted by Crippen LogP contribution is 2.35. The predicted molar refractivity (Wildman–Crippen MR) is 142 cm³/mol. The molecule has 180 valence electrons. The van der Waals surface area contributed by atoms with Gasteiger partial charge < -0.3 is 0 Å². The van der Waals surface area contributed by atoms with E-state index in [1.807, 2.05) is 23.1 Å². The van der Waals surface area contributed by atoms with Crippen LogP contribution < -0.4 is 0 Å². The van der Waals surface area contributed by atoms with Crippen molar-refractivity contribution in [3.05, 3.63) is 94.4 Å². The predicted octanol–water partition coefficient (Wildman–Crippen LogP) is 6.27. The van der Waals surface area contributed by atoms with Gasteiger partial charge >= 0.3 is 0 Å². The summed E-state index contributed by atoms with van der Waals surface area (Å²) in [6, 6.07) is 17.8. The summed E-state index contributed by atoms with van der Waals surface area (Å²) in [6.07, 6.45) is 9.28. The Labute approximate surface area is 208 Å². The summed E-state index contributed by atoms with van der Waals surface area (Å²) in [5, 5.41) is 4.57. The number of nitrogens with zero attached hydrogens (tertiary/aromatic N) is 5. The first-order valence-corrected chi connectivity index (χ1v) is 12.9. The van der Waals surface area contributed by atoms with Gasteiger partial charge in [-0.15, -0.1) is 0 Å². The summed E-state index contributed by atoms with van der Waals surface area (Å²) < 4.78 is 1.90. The SMILES string of the molecule is CCc1cccc(CC)c1-c1nc(C)c(CN(C)C2CCCc3ccccc32)c(-n2cccn2)n1. The maximum atomic E-state index is 5.17. The molecular formula is C30H35N5. The summed E-state index contributed by atoms with van der Waals surface area (Å²) in [6.45, 7) is 7.29. The van der Waals surface area contributed by atoms with Crippen LogP contribution in [0.15, 0.2) is 60.9 Å². The lowest BCUT2D eigenvalue weighted by atomic mass is 9.87. The van der Waals surface area contributed by atoms with Crippen molar-refractivity contribution < 1.29 is 0 Å². The van der Waals surface area contributed by atoms with Crippen LogP contribution in [0.4, 0.5) is 0 Å². The maximum Gasteiger partial charge on any atom is 0.162 e. The molecule has 2 heterocycles. The molecule has 5 rings (SSSR count). The second-order valence-electron chi connectivity index (χ2n) is 9.57. The lowest BCUT2D eigenvalue weighted by Gasteiger charge is -2.34. The Hall–Kier alpha value is -3.31. The molecule has 1 unspecified atom stereocenters. The van der Waals surface area contributed by atoms with Crippen LogP contribution in [-0.4, -0.2) is 31.7 Å². The summed E-state index contributed by atoms with van der Waals surface area (Å²) in [7, 11) is 2.23. The number of hydrogen-bond donors (Lipinski definition) is 0. The molecule has 1 atom stereocenters. The van der Waals surface area contributed by atoms with E-state index in [-0.39, 0.29) is 0 Å². The van der Waals surface area contributed by atoms with Gasteiger partial charge in [0.2, 0.25) is 0 Å². The summed E-state index contributed by atoms with van der Waals surface area (Å²) in [5.74, 6) is 1.68. The van der Waals surface area contributed by atoms with Crippen molar-refractivity contribution in [3.63, 3.8) is 0 Å². The van der Waals surface area contributed by atoms with E-state index in [0.29, 0.717) is 6.04 Å². The molecule has 2 aromatic carbocycles. The van der Waals surface area contributed by atoms with Crippen LogP contribution in [0.5, 0.6) is 0 Å². The van der Waals surface area contributed by atoms with E-state index in [2.05, 4.69) is 80.3 Å². The van der Waals surface area contributed by atoms with E-state index in [4.69, 9.17) is 9.97 Å². The Balaban J connectivity index is 1.58. The molecule has 2 aromatic heterocycles. The summed E-state index contributed by atoms with van der Waals surface area (Å²) in [5.41, 5.74) is 8.85. The van der Waals surface area contributed by atoms with Crippen molar-refractivity contribution >= 4 is 0 Å². The molecule has 0 fully saturated rings. The molecule has 35 heavy (non-hydrogen) atoms. The Morgan fingerprint density at radius 3 is 2.46 bits per heavy atom. The highest BCUT2D eigenvalue weighted by atomic mass is 15.3. The summed E-state index contributed by atoms with van der Waals surface area (Å²) in [4.78, 5) is 12.7. The van der Waals surface area contributed by atoms with Gasteiger partial charge in [0.25, 0.3) is 0 Å². The molecular weight excluding hydrogens is 430 g/mol. The van der Waals surface area contributed by atoms with Gasteiger partial charge in [-0.05, 0) is 74.4 Å². The number of rotatable bonds is 7. The van der Waals surface area contributed by atoms with E-state index < -0.39 is 0 Å². The van der Waals surface area contributed by atoms with E-state index >= 15 is 0 Å². The highest BCUT2D eigenvalue weighted by molar-refractivity contribution is 5.66. The molecule has 0 bridgehead atoms. The number of aryl methyl sites for hydroxylation is 4. The maximum absolute atomic E-state index is 5.17. The van der Waals surface area contributed by atoms with Gasteiger partial charge in [-0.2, -0.15) is 5.10 Å². The number of hydrogen-bond acceptors (Lipinski definition) is 4. The van der Waals surface area contributed by atoms with E-state index in [9.17, 15) is 0 Å². The third-order valence-corrected chi connectivity index (χ3v) is 7.41. The van der Waals surface area contributed by atoms with Crippen LogP contribution in [-0.2, 0) is 25.8 Å². The molecule has 0 N–H and O–H groups in total. The molecule has 0 amide bonds. The van der Waals surface area contributed by atoms with E-state index in [1.165, 1.54) is 47.1 Å². The molecule has 0 aliphatic heterocycles.